The number of likely N-dealkylation sites (tertiary alicyclic amines) is 1. The quantitative estimate of drug-likeness (QED) is 0.378. The van der Waals surface area contributed by atoms with Crippen LogP contribution in [0.25, 0.3) is 10.8 Å². The normalized spacial score (nSPS) is 23.1. The predicted molar refractivity (Wildman–Crippen MR) is 158 cm³/mol. The number of rotatable bonds is 8. The van der Waals surface area contributed by atoms with Crippen molar-refractivity contribution < 1.29 is 45.8 Å². The van der Waals surface area contributed by atoms with Crippen LogP contribution in [-0.2, 0) is 29.1 Å². The third kappa shape index (κ3) is 8.62. The molecule has 0 spiro atoms. The zero-order chi connectivity index (χ0) is 33.1. The molecule has 2 bridgehead atoms. The predicted octanol–water partition coefficient (Wildman–Crippen LogP) is 1.53. The third-order valence-electron chi connectivity index (χ3n) is 7.84. The first kappa shape index (κ1) is 34.8. The van der Waals surface area contributed by atoms with Crippen molar-refractivity contribution in [1.29, 1.82) is 0 Å². The van der Waals surface area contributed by atoms with E-state index in [2.05, 4.69) is 14.9 Å². The number of halogens is 4. The van der Waals surface area contributed by atoms with Crippen LogP contribution < -0.4 is 10.0 Å². The number of hydrogen-bond acceptors (Lipinski definition) is 8. The number of amides is 2. The highest BCUT2D eigenvalue weighted by Crippen LogP contribution is 2.25. The molecular formula is C28H35ClF3N5O7S. The van der Waals surface area contributed by atoms with Crippen molar-refractivity contribution in [3.63, 3.8) is 0 Å². The Morgan fingerprint density at radius 2 is 1.69 bits per heavy atom. The molecule has 3 N–H and O–H groups in total. The van der Waals surface area contributed by atoms with Gasteiger partial charge in [0.15, 0.2) is 0 Å². The number of aliphatic carboxylic acids is 1. The highest BCUT2D eigenvalue weighted by Gasteiger charge is 2.43. The standard InChI is InChI=1S/C26H34ClN5O5S.C2HF3O2/c1-17(25(33)31-15-21-13-30(10-8-28-2)14-22(16-31)37-21)32-9-7-24(26(32)34)29-38(35,36)23-6-4-18-11-20(27)5-3-19(18)12-23;3-2(4,5)1(6)7/h3-6,11-12,17,21-22,24,28-29H,7-10,13-16H2,1-2H3;(H,6,7)/t17?,21-,22-,24-;/m0./s1. The first-order valence-electron chi connectivity index (χ1n) is 14.2. The number of nitrogens with one attached hydrogen (secondary N) is 2. The number of carbonyl (C=O) groups is 3. The molecule has 3 heterocycles. The van der Waals surface area contributed by atoms with Gasteiger partial charge in [-0.05, 0) is 55.4 Å². The first-order valence-corrected chi connectivity index (χ1v) is 16.1. The molecule has 0 aliphatic carbocycles. The minimum Gasteiger partial charge on any atom is -0.475 e. The van der Waals surface area contributed by atoms with E-state index >= 15 is 0 Å². The molecule has 17 heteroatoms. The maximum atomic E-state index is 13.4. The lowest BCUT2D eigenvalue weighted by atomic mass is 10.1. The van der Waals surface area contributed by atoms with E-state index in [9.17, 15) is 31.2 Å². The van der Waals surface area contributed by atoms with Crippen molar-refractivity contribution in [2.75, 3.05) is 52.9 Å². The highest BCUT2D eigenvalue weighted by molar-refractivity contribution is 7.89. The van der Waals surface area contributed by atoms with Gasteiger partial charge in [0.2, 0.25) is 21.8 Å². The number of fused-ring (bicyclic) bond motifs is 3. The number of carboxylic acids is 1. The average molecular weight is 678 g/mol. The Kier molecular flexibility index (Phi) is 11.0. The number of carbonyl (C=O) groups excluding carboxylic acids is 2. The minimum atomic E-state index is -5.08. The van der Waals surface area contributed by atoms with E-state index in [4.69, 9.17) is 26.2 Å². The molecule has 0 saturated carbocycles. The fraction of sp³-hybridized carbons (Fsp3) is 0.536. The van der Waals surface area contributed by atoms with Gasteiger partial charge in [0, 0.05) is 50.8 Å². The van der Waals surface area contributed by atoms with Crippen LogP contribution in [0.15, 0.2) is 41.3 Å². The van der Waals surface area contributed by atoms with Gasteiger partial charge in [0.05, 0.1) is 17.1 Å². The minimum absolute atomic E-state index is 0.0534. The molecule has 3 aliphatic heterocycles. The van der Waals surface area contributed by atoms with Crippen molar-refractivity contribution in [1.82, 2.24) is 24.7 Å². The smallest absolute Gasteiger partial charge is 0.475 e. The van der Waals surface area contributed by atoms with Gasteiger partial charge in [-0.3, -0.25) is 14.5 Å². The summed E-state index contributed by atoms with van der Waals surface area (Å²) in [6, 6.07) is 8.38. The van der Waals surface area contributed by atoms with Gasteiger partial charge < -0.3 is 25.0 Å². The van der Waals surface area contributed by atoms with Crippen molar-refractivity contribution in [3.8, 4) is 0 Å². The largest absolute Gasteiger partial charge is 0.490 e. The highest BCUT2D eigenvalue weighted by atomic mass is 35.5. The Labute approximate surface area is 263 Å². The molecule has 3 fully saturated rings. The molecule has 45 heavy (non-hydrogen) atoms. The van der Waals surface area contributed by atoms with Crippen LogP contribution in [0.5, 0.6) is 0 Å². The number of sulfonamides is 1. The topological polar surface area (TPSA) is 149 Å². The molecule has 4 atom stereocenters. The van der Waals surface area contributed by atoms with Gasteiger partial charge in [-0.25, -0.2) is 13.2 Å². The zero-order valence-electron chi connectivity index (χ0n) is 24.6. The Morgan fingerprint density at radius 3 is 2.29 bits per heavy atom. The summed E-state index contributed by atoms with van der Waals surface area (Å²) in [5.74, 6) is -3.27. The number of morpholine rings is 2. The Hall–Kier alpha value is -3.02. The third-order valence-corrected chi connectivity index (χ3v) is 9.54. The van der Waals surface area contributed by atoms with E-state index in [1.165, 1.54) is 11.0 Å². The first-order chi connectivity index (χ1) is 21.1. The van der Waals surface area contributed by atoms with E-state index in [-0.39, 0.29) is 28.9 Å². The summed E-state index contributed by atoms with van der Waals surface area (Å²) in [7, 11) is -2.01. The molecule has 3 saturated heterocycles. The van der Waals surface area contributed by atoms with Gasteiger partial charge in [-0.15, -0.1) is 0 Å². The van der Waals surface area contributed by atoms with Crippen LogP contribution in [0.3, 0.4) is 0 Å². The lowest BCUT2D eigenvalue weighted by Crippen LogP contribution is -2.63. The second-order valence-corrected chi connectivity index (χ2v) is 13.3. The molecule has 2 aromatic rings. The van der Waals surface area contributed by atoms with Crippen molar-refractivity contribution in [2.24, 2.45) is 0 Å². The van der Waals surface area contributed by atoms with Crippen LogP contribution in [0, 0.1) is 0 Å². The fourth-order valence-corrected chi connectivity index (χ4v) is 7.06. The summed E-state index contributed by atoms with van der Waals surface area (Å²) in [4.78, 5) is 41.2. The molecular weight excluding hydrogens is 643 g/mol. The van der Waals surface area contributed by atoms with Crippen LogP contribution in [0.2, 0.25) is 5.02 Å². The summed E-state index contributed by atoms with van der Waals surface area (Å²) in [5.41, 5.74) is 0. The van der Waals surface area contributed by atoms with E-state index in [0.717, 1.165) is 37.0 Å². The SMILES string of the molecule is CNCCN1C[C@H]2CN(C(=O)C(C)N3CC[C@H](NS(=O)(=O)c4ccc5cc(Cl)ccc5c4)C3=O)C[C@H](C1)O2.O=C(O)C(F)(F)F. The van der Waals surface area contributed by atoms with Crippen LogP contribution in [0.4, 0.5) is 13.2 Å². The molecule has 248 valence electrons. The fourth-order valence-electron chi connectivity index (χ4n) is 5.62. The van der Waals surface area contributed by atoms with E-state index in [1.807, 2.05) is 7.05 Å². The van der Waals surface area contributed by atoms with Crippen LogP contribution >= 0.6 is 11.6 Å². The Bertz CT molecular complexity index is 1520. The molecule has 5 rings (SSSR count). The molecule has 12 nitrogen and oxygen atoms in total. The molecule has 0 radical (unpaired) electrons. The second-order valence-electron chi connectivity index (χ2n) is 11.1. The summed E-state index contributed by atoms with van der Waals surface area (Å²) < 4.78 is 66.6. The summed E-state index contributed by atoms with van der Waals surface area (Å²) >= 11 is 6.03. The molecule has 2 aromatic carbocycles. The van der Waals surface area contributed by atoms with Crippen molar-refractivity contribution in [2.45, 2.75) is 48.7 Å². The Morgan fingerprint density at radius 1 is 1.09 bits per heavy atom. The number of ether oxygens (including phenoxy) is 1. The van der Waals surface area contributed by atoms with E-state index < -0.39 is 34.3 Å². The number of carboxylic acid groups (broad SMARTS) is 1. The van der Waals surface area contributed by atoms with E-state index in [1.54, 1.807) is 42.2 Å². The second kappa shape index (κ2) is 14.2. The van der Waals surface area contributed by atoms with Gasteiger partial charge in [-0.2, -0.15) is 17.9 Å². The monoisotopic (exact) mass is 677 g/mol. The molecule has 2 amide bonds. The van der Waals surface area contributed by atoms with Crippen molar-refractivity contribution in [3.05, 3.63) is 41.4 Å². The number of likely N-dealkylation sites (N-methyl/N-ethyl adjacent to an activating group) is 1. The van der Waals surface area contributed by atoms with Gasteiger partial charge in [0.25, 0.3) is 0 Å². The number of benzene rings is 2. The zero-order valence-corrected chi connectivity index (χ0v) is 26.2. The summed E-state index contributed by atoms with van der Waals surface area (Å²) in [6.45, 7) is 6.37. The number of alkyl halides is 3. The lowest BCUT2D eigenvalue weighted by molar-refractivity contribution is -0.192. The van der Waals surface area contributed by atoms with Crippen LogP contribution in [0.1, 0.15) is 13.3 Å². The molecule has 0 aromatic heterocycles. The van der Waals surface area contributed by atoms with Gasteiger partial charge in [0.1, 0.15) is 12.1 Å². The average Bonchev–Trinajstić information content (AvgIpc) is 3.33. The van der Waals surface area contributed by atoms with Crippen molar-refractivity contribution >= 4 is 50.2 Å². The van der Waals surface area contributed by atoms with Gasteiger partial charge in [-0.1, -0.05) is 23.7 Å². The summed E-state index contributed by atoms with van der Waals surface area (Å²) in [6.07, 6.45) is -4.89. The Balaban J connectivity index is 0.000000591. The summed E-state index contributed by atoms with van der Waals surface area (Å²) in [5, 5.41) is 12.4. The maximum Gasteiger partial charge on any atom is 0.490 e. The number of nitrogens with zero attached hydrogens (tertiary/aromatic N) is 3. The lowest BCUT2D eigenvalue weighted by Gasteiger charge is -2.46. The molecule has 1 unspecified atom stereocenters. The van der Waals surface area contributed by atoms with Gasteiger partial charge >= 0.3 is 12.1 Å². The van der Waals surface area contributed by atoms with E-state index in [0.29, 0.717) is 31.1 Å². The maximum absolute atomic E-state index is 13.4. The number of hydrogen-bond donors (Lipinski definition) is 3. The molecule has 3 aliphatic rings. The van der Waals surface area contributed by atoms with Crippen LogP contribution in [-0.4, -0.2) is 129 Å².